The summed E-state index contributed by atoms with van der Waals surface area (Å²) in [5.41, 5.74) is 0. The van der Waals surface area contributed by atoms with Crippen molar-refractivity contribution in [2.24, 2.45) is 0 Å². The molecule has 2 unspecified atom stereocenters. The monoisotopic (exact) mass is 227 g/mol. The molecule has 0 aliphatic carbocycles. The lowest BCUT2D eigenvalue weighted by Crippen LogP contribution is -2.45. The van der Waals surface area contributed by atoms with E-state index in [-0.39, 0.29) is 12.2 Å². The summed E-state index contributed by atoms with van der Waals surface area (Å²) in [7, 11) is 2.08. The van der Waals surface area contributed by atoms with Gasteiger partial charge in [-0.15, -0.1) is 6.58 Å². The van der Waals surface area contributed by atoms with E-state index in [1.165, 1.54) is 12.8 Å². The topological polar surface area (TPSA) is 32.7 Å². The van der Waals surface area contributed by atoms with Crippen LogP contribution in [0.15, 0.2) is 12.7 Å². The Hall–Kier alpha value is -0.380. The third-order valence-corrected chi connectivity index (χ3v) is 3.13. The van der Waals surface area contributed by atoms with Crippen molar-refractivity contribution in [3.63, 3.8) is 0 Å². The lowest BCUT2D eigenvalue weighted by Gasteiger charge is -2.32. The van der Waals surface area contributed by atoms with Crippen molar-refractivity contribution < 1.29 is 9.84 Å². The molecule has 1 heterocycles. The van der Waals surface area contributed by atoms with E-state index in [9.17, 15) is 5.11 Å². The molecule has 1 N–H and O–H groups in total. The molecule has 1 aliphatic heterocycles. The number of hydrogen-bond acceptors (Lipinski definition) is 3. The number of hydrogen-bond donors (Lipinski definition) is 1. The maximum absolute atomic E-state index is 9.98. The third-order valence-electron chi connectivity index (χ3n) is 3.13. The van der Waals surface area contributed by atoms with E-state index in [1.54, 1.807) is 0 Å². The molecule has 94 valence electrons. The Morgan fingerprint density at radius 3 is 3.00 bits per heavy atom. The van der Waals surface area contributed by atoms with Gasteiger partial charge in [-0.2, -0.15) is 0 Å². The van der Waals surface area contributed by atoms with Crippen LogP contribution in [0, 0.1) is 0 Å². The molecule has 0 aromatic heterocycles. The first-order valence-corrected chi connectivity index (χ1v) is 6.33. The number of likely N-dealkylation sites (N-methyl/N-ethyl adjacent to an activating group) is 1. The quantitative estimate of drug-likeness (QED) is 0.532. The van der Waals surface area contributed by atoms with Crippen molar-refractivity contribution in [3.8, 4) is 0 Å². The summed E-state index contributed by atoms with van der Waals surface area (Å²) >= 11 is 0. The van der Waals surface area contributed by atoms with E-state index in [0.717, 1.165) is 39.0 Å². The number of aliphatic hydroxyl groups is 1. The van der Waals surface area contributed by atoms with Crippen LogP contribution >= 0.6 is 0 Å². The Kier molecular flexibility index (Phi) is 6.69. The molecule has 1 aliphatic rings. The molecule has 0 radical (unpaired) electrons. The minimum atomic E-state index is -0.300. The first kappa shape index (κ1) is 13.7. The van der Waals surface area contributed by atoms with Crippen molar-refractivity contribution in [1.82, 2.24) is 4.90 Å². The summed E-state index contributed by atoms with van der Waals surface area (Å²) in [6.45, 7) is 6.27. The molecule has 0 spiro atoms. The molecule has 3 nitrogen and oxygen atoms in total. The largest absolute Gasteiger partial charge is 0.390 e. The molecule has 0 saturated carbocycles. The number of aliphatic hydroxyl groups excluding tert-OH is 1. The van der Waals surface area contributed by atoms with Crippen LogP contribution < -0.4 is 0 Å². The number of ether oxygens (including phenoxy) is 1. The van der Waals surface area contributed by atoms with E-state index in [4.69, 9.17) is 4.74 Å². The van der Waals surface area contributed by atoms with E-state index < -0.39 is 0 Å². The second-order valence-electron chi connectivity index (χ2n) is 4.67. The Labute approximate surface area is 99.1 Å². The van der Waals surface area contributed by atoms with E-state index >= 15 is 0 Å². The zero-order chi connectivity index (χ0) is 11.8. The van der Waals surface area contributed by atoms with Crippen molar-refractivity contribution in [3.05, 3.63) is 12.7 Å². The van der Waals surface area contributed by atoms with Crippen molar-refractivity contribution in [1.29, 1.82) is 0 Å². The number of unbranched alkanes of at least 4 members (excludes halogenated alkanes) is 3. The number of allylic oxidation sites excluding steroid dienone is 1. The Balaban J connectivity index is 2.08. The number of nitrogens with zero attached hydrogens (tertiary/aromatic N) is 1. The Morgan fingerprint density at radius 2 is 2.31 bits per heavy atom. The van der Waals surface area contributed by atoms with Gasteiger partial charge in [-0.25, -0.2) is 0 Å². The normalized spacial score (nSPS) is 24.2. The highest BCUT2D eigenvalue weighted by molar-refractivity contribution is 4.76. The summed E-state index contributed by atoms with van der Waals surface area (Å²) in [6.07, 6.45) is 7.04. The third kappa shape index (κ3) is 5.10. The average Bonchev–Trinajstić information content (AvgIpc) is 2.28. The van der Waals surface area contributed by atoms with Gasteiger partial charge in [-0.3, -0.25) is 0 Å². The Bertz CT molecular complexity index is 196. The second kappa shape index (κ2) is 7.82. The van der Waals surface area contributed by atoms with E-state index in [0.29, 0.717) is 0 Å². The minimum absolute atomic E-state index is 0.0122. The number of morpholine rings is 1. The average molecular weight is 227 g/mol. The highest BCUT2D eigenvalue weighted by atomic mass is 16.5. The van der Waals surface area contributed by atoms with Gasteiger partial charge < -0.3 is 14.7 Å². The zero-order valence-electron chi connectivity index (χ0n) is 10.4. The van der Waals surface area contributed by atoms with Crippen LogP contribution in [-0.2, 0) is 4.74 Å². The molecule has 16 heavy (non-hydrogen) atoms. The predicted octanol–water partition coefficient (Wildman–Crippen LogP) is 1.81. The molecule has 0 aromatic rings. The molecular formula is C13H25NO2. The van der Waals surface area contributed by atoms with Crippen LogP contribution in [0.2, 0.25) is 0 Å². The van der Waals surface area contributed by atoms with Gasteiger partial charge in [-0.1, -0.05) is 18.9 Å². The Morgan fingerprint density at radius 1 is 1.50 bits per heavy atom. The zero-order valence-corrected chi connectivity index (χ0v) is 10.4. The van der Waals surface area contributed by atoms with Gasteiger partial charge in [0.2, 0.25) is 0 Å². The first-order valence-electron chi connectivity index (χ1n) is 6.33. The van der Waals surface area contributed by atoms with Gasteiger partial charge >= 0.3 is 0 Å². The predicted molar refractivity (Wildman–Crippen MR) is 66.5 cm³/mol. The molecule has 0 aromatic carbocycles. The van der Waals surface area contributed by atoms with Gasteiger partial charge in [0.05, 0.1) is 18.8 Å². The maximum atomic E-state index is 9.98. The summed E-state index contributed by atoms with van der Waals surface area (Å²) in [4.78, 5) is 2.22. The van der Waals surface area contributed by atoms with Crippen LogP contribution in [0.4, 0.5) is 0 Å². The molecular weight excluding hydrogens is 202 g/mol. The summed E-state index contributed by atoms with van der Waals surface area (Å²) in [5.74, 6) is 0. The minimum Gasteiger partial charge on any atom is -0.390 e. The summed E-state index contributed by atoms with van der Waals surface area (Å²) in [6, 6.07) is 0. The molecule has 1 saturated heterocycles. The van der Waals surface area contributed by atoms with Crippen LogP contribution in [-0.4, -0.2) is 49.0 Å². The molecule has 1 fully saturated rings. The summed E-state index contributed by atoms with van der Waals surface area (Å²) in [5, 5.41) is 9.98. The lowest BCUT2D eigenvalue weighted by molar-refractivity contribution is -0.0854. The highest BCUT2D eigenvalue weighted by Crippen LogP contribution is 2.13. The van der Waals surface area contributed by atoms with Gasteiger partial charge in [0.1, 0.15) is 0 Å². The van der Waals surface area contributed by atoms with Crippen LogP contribution in [0.1, 0.15) is 32.1 Å². The standard InChI is InChI=1S/C13H25NO2/c1-3-4-5-6-7-8-12(15)13-11-14(2)9-10-16-13/h3,12-13,15H,1,4-11H2,2H3. The smallest absolute Gasteiger partial charge is 0.0960 e. The maximum Gasteiger partial charge on any atom is 0.0960 e. The van der Waals surface area contributed by atoms with Gasteiger partial charge in [0, 0.05) is 13.1 Å². The van der Waals surface area contributed by atoms with Crippen molar-refractivity contribution in [2.45, 2.75) is 44.3 Å². The van der Waals surface area contributed by atoms with Gasteiger partial charge in [0.15, 0.2) is 0 Å². The molecule has 1 rings (SSSR count). The fraction of sp³-hybridized carbons (Fsp3) is 0.846. The summed E-state index contributed by atoms with van der Waals surface area (Å²) < 4.78 is 5.58. The number of rotatable bonds is 7. The van der Waals surface area contributed by atoms with Gasteiger partial charge in [0.25, 0.3) is 0 Å². The SMILES string of the molecule is C=CCCCCCC(O)C1CN(C)CCO1. The van der Waals surface area contributed by atoms with Crippen LogP contribution in [0.3, 0.4) is 0 Å². The molecule has 0 amide bonds. The van der Waals surface area contributed by atoms with Gasteiger partial charge in [-0.05, 0) is 26.3 Å². The molecule has 0 bridgehead atoms. The lowest BCUT2D eigenvalue weighted by atomic mass is 10.0. The van der Waals surface area contributed by atoms with Crippen LogP contribution in [0.5, 0.6) is 0 Å². The fourth-order valence-corrected chi connectivity index (χ4v) is 2.05. The highest BCUT2D eigenvalue weighted by Gasteiger charge is 2.24. The van der Waals surface area contributed by atoms with Crippen molar-refractivity contribution in [2.75, 3.05) is 26.7 Å². The fourth-order valence-electron chi connectivity index (χ4n) is 2.05. The molecule has 2 atom stereocenters. The first-order chi connectivity index (χ1) is 7.74. The second-order valence-corrected chi connectivity index (χ2v) is 4.67. The van der Waals surface area contributed by atoms with Crippen LogP contribution in [0.25, 0.3) is 0 Å². The van der Waals surface area contributed by atoms with E-state index in [1.807, 2.05) is 6.08 Å². The van der Waals surface area contributed by atoms with Crippen molar-refractivity contribution >= 4 is 0 Å². The molecule has 3 heteroatoms. The van der Waals surface area contributed by atoms with E-state index in [2.05, 4.69) is 18.5 Å².